The van der Waals surface area contributed by atoms with Crippen LogP contribution < -0.4 is 5.32 Å². The molecule has 102 valence electrons. The van der Waals surface area contributed by atoms with Crippen molar-refractivity contribution in [2.45, 2.75) is 20.3 Å². The quantitative estimate of drug-likeness (QED) is 0.683. The third-order valence-corrected chi connectivity index (χ3v) is 3.38. The Morgan fingerprint density at radius 3 is 2.90 bits per heavy atom. The SMILES string of the molecule is Cc1n[nH]c(C)c1NC(=O)Cc1ccc2cc[nH]c2c1. The number of H-pyrrole nitrogens is 2. The third-order valence-electron chi connectivity index (χ3n) is 3.38. The Morgan fingerprint density at radius 2 is 2.15 bits per heavy atom. The lowest BCUT2D eigenvalue weighted by molar-refractivity contribution is -0.115. The minimum absolute atomic E-state index is 0.0384. The Hall–Kier alpha value is -2.56. The molecule has 2 heterocycles. The van der Waals surface area contributed by atoms with Crippen molar-refractivity contribution in [2.24, 2.45) is 0 Å². The molecule has 1 amide bonds. The Morgan fingerprint density at radius 1 is 1.30 bits per heavy atom. The molecule has 0 fully saturated rings. The second-order valence-corrected chi connectivity index (χ2v) is 4.93. The summed E-state index contributed by atoms with van der Waals surface area (Å²) in [5.74, 6) is -0.0384. The summed E-state index contributed by atoms with van der Waals surface area (Å²) in [6, 6.07) is 8.01. The van der Waals surface area contributed by atoms with Crippen LogP contribution in [-0.2, 0) is 11.2 Å². The Labute approximate surface area is 116 Å². The highest BCUT2D eigenvalue weighted by atomic mass is 16.1. The normalized spacial score (nSPS) is 10.9. The van der Waals surface area contributed by atoms with E-state index in [1.807, 2.05) is 44.3 Å². The van der Waals surface area contributed by atoms with Crippen LogP contribution in [0.25, 0.3) is 10.9 Å². The van der Waals surface area contributed by atoms with Crippen LogP contribution in [0.2, 0.25) is 0 Å². The molecule has 20 heavy (non-hydrogen) atoms. The number of benzene rings is 1. The van der Waals surface area contributed by atoms with E-state index in [0.717, 1.165) is 33.5 Å². The van der Waals surface area contributed by atoms with Gasteiger partial charge in [-0.2, -0.15) is 5.10 Å². The van der Waals surface area contributed by atoms with E-state index in [1.165, 1.54) is 0 Å². The predicted molar refractivity (Wildman–Crippen MR) is 78.7 cm³/mol. The van der Waals surface area contributed by atoms with Gasteiger partial charge >= 0.3 is 0 Å². The van der Waals surface area contributed by atoms with Crippen LogP contribution in [0.1, 0.15) is 17.0 Å². The van der Waals surface area contributed by atoms with Gasteiger partial charge in [-0.25, -0.2) is 0 Å². The average molecular weight is 268 g/mol. The molecule has 3 aromatic rings. The van der Waals surface area contributed by atoms with Gasteiger partial charge in [0.05, 0.1) is 23.5 Å². The standard InChI is InChI=1S/C15H16N4O/c1-9-15(10(2)19-18-9)17-14(20)8-11-3-4-12-5-6-16-13(12)7-11/h3-7,16H,8H2,1-2H3,(H,17,20)(H,18,19). The van der Waals surface area contributed by atoms with Gasteiger partial charge in [-0.3, -0.25) is 9.89 Å². The number of carbonyl (C=O) groups is 1. The smallest absolute Gasteiger partial charge is 0.228 e. The van der Waals surface area contributed by atoms with Crippen molar-refractivity contribution >= 4 is 22.5 Å². The van der Waals surface area contributed by atoms with E-state index in [0.29, 0.717) is 6.42 Å². The van der Waals surface area contributed by atoms with Gasteiger partial charge in [-0.1, -0.05) is 12.1 Å². The second kappa shape index (κ2) is 4.85. The summed E-state index contributed by atoms with van der Waals surface area (Å²) in [5.41, 5.74) is 4.48. The van der Waals surface area contributed by atoms with Gasteiger partial charge < -0.3 is 10.3 Å². The fraction of sp³-hybridized carbons (Fsp3) is 0.200. The molecule has 0 saturated carbocycles. The first-order valence-electron chi connectivity index (χ1n) is 6.51. The van der Waals surface area contributed by atoms with Gasteiger partial charge in [0.25, 0.3) is 0 Å². The molecular formula is C15H16N4O. The van der Waals surface area contributed by atoms with Crippen LogP contribution in [0.4, 0.5) is 5.69 Å². The molecular weight excluding hydrogens is 252 g/mol. The highest BCUT2D eigenvalue weighted by Gasteiger charge is 2.11. The van der Waals surface area contributed by atoms with E-state index in [2.05, 4.69) is 20.5 Å². The molecule has 0 aliphatic rings. The minimum atomic E-state index is -0.0384. The number of amides is 1. The van der Waals surface area contributed by atoms with Crippen LogP contribution in [0.5, 0.6) is 0 Å². The molecule has 0 aliphatic heterocycles. The van der Waals surface area contributed by atoms with Crippen molar-refractivity contribution in [1.29, 1.82) is 0 Å². The van der Waals surface area contributed by atoms with Gasteiger partial charge in [0.2, 0.25) is 5.91 Å². The van der Waals surface area contributed by atoms with Crippen molar-refractivity contribution in [3.8, 4) is 0 Å². The number of aromatic amines is 2. The topological polar surface area (TPSA) is 73.6 Å². The fourth-order valence-electron chi connectivity index (χ4n) is 2.31. The lowest BCUT2D eigenvalue weighted by Gasteiger charge is -2.05. The molecule has 0 unspecified atom stereocenters. The molecule has 2 aromatic heterocycles. The molecule has 5 heteroatoms. The van der Waals surface area contributed by atoms with E-state index in [9.17, 15) is 4.79 Å². The van der Waals surface area contributed by atoms with Crippen molar-refractivity contribution in [3.63, 3.8) is 0 Å². The van der Waals surface area contributed by atoms with E-state index < -0.39 is 0 Å². The number of fused-ring (bicyclic) bond motifs is 1. The zero-order chi connectivity index (χ0) is 14.1. The fourth-order valence-corrected chi connectivity index (χ4v) is 2.31. The number of aromatic nitrogens is 3. The molecule has 0 bridgehead atoms. The van der Waals surface area contributed by atoms with Crippen LogP contribution in [0.3, 0.4) is 0 Å². The van der Waals surface area contributed by atoms with Gasteiger partial charge in [0.1, 0.15) is 0 Å². The van der Waals surface area contributed by atoms with Crippen molar-refractivity contribution < 1.29 is 4.79 Å². The highest BCUT2D eigenvalue weighted by molar-refractivity contribution is 5.94. The zero-order valence-corrected chi connectivity index (χ0v) is 11.4. The number of carbonyl (C=O) groups excluding carboxylic acids is 1. The monoisotopic (exact) mass is 268 g/mol. The summed E-state index contributed by atoms with van der Waals surface area (Å²) < 4.78 is 0. The van der Waals surface area contributed by atoms with E-state index in [-0.39, 0.29) is 5.91 Å². The molecule has 0 radical (unpaired) electrons. The van der Waals surface area contributed by atoms with Gasteiger partial charge in [-0.15, -0.1) is 0 Å². The zero-order valence-electron chi connectivity index (χ0n) is 11.4. The molecule has 1 aromatic carbocycles. The molecule has 0 spiro atoms. The number of anilines is 1. The van der Waals surface area contributed by atoms with E-state index in [4.69, 9.17) is 0 Å². The van der Waals surface area contributed by atoms with E-state index in [1.54, 1.807) is 0 Å². The average Bonchev–Trinajstić information content (AvgIpc) is 3.00. The van der Waals surface area contributed by atoms with E-state index >= 15 is 0 Å². The van der Waals surface area contributed by atoms with Crippen LogP contribution in [0, 0.1) is 13.8 Å². The molecule has 5 nitrogen and oxygen atoms in total. The van der Waals surface area contributed by atoms with Gasteiger partial charge in [0, 0.05) is 11.7 Å². The number of hydrogen-bond acceptors (Lipinski definition) is 2. The highest BCUT2D eigenvalue weighted by Crippen LogP contribution is 2.18. The van der Waals surface area contributed by atoms with Gasteiger partial charge in [0.15, 0.2) is 0 Å². The second-order valence-electron chi connectivity index (χ2n) is 4.93. The lowest BCUT2D eigenvalue weighted by atomic mass is 10.1. The summed E-state index contributed by atoms with van der Waals surface area (Å²) in [4.78, 5) is 15.2. The Kier molecular flexibility index (Phi) is 3.02. The van der Waals surface area contributed by atoms with Crippen molar-refractivity contribution in [2.75, 3.05) is 5.32 Å². The summed E-state index contributed by atoms with van der Waals surface area (Å²) >= 11 is 0. The first-order chi connectivity index (χ1) is 9.63. The molecule has 3 N–H and O–H groups in total. The molecule has 3 rings (SSSR count). The van der Waals surface area contributed by atoms with Crippen LogP contribution >= 0.6 is 0 Å². The number of aryl methyl sites for hydroxylation is 2. The van der Waals surface area contributed by atoms with Crippen LogP contribution in [0.15, 0.2) is 30.5 Å². The number of hydrogen-bond donors (Lipinski definition) is 3. The largest absolute Gasteiger partial charge is 0.361 e. The first kappa shape index (κ1) is 12.5. The summed E-state index contributed by atoms with van der Waals surface area (Å²) in [5, 5.41) is 11.0. The molecule has 0 atom stereocenters. The minimum Gasteiger partial charge on any atom is -0.361 e. The Bertz CT molecular complexity index is 750. The maximum absolute atomic E-state index is 12.1. The van der Waals surface area contributed by atoms with Crippen molar-refractivity contribution in [3.05, 3.63) is 47.4 Å². The predicted octanol–water partition coefficient (Wildman–Crippen LogP) is 2.69. The first-order valence-corrected chi connectivity index (χ1v) is 6.51. The maximum Gasteiger partial charge on any atom is 0.228 e. The van der Waals surface area contributed by atoms with Crippen LogP contribution in [-0.4, -0.2) is 21.1 Å². The maximum atomic E-state index is 12.1. The Balaban J connectivity index is 1.75. The number of nitrogens with zero attached hydrogens (tertiary/aromatic N) is 1. The molecule has 0 saturated heterocycles. The van der Waals surface area contributed by atoms with Gasteiger partial charge in [-0.05, 0) is 36.9 Å². The van der Waals surface area contributed by atoms with Crippen molar-refractivity contribution in [1.82, 2.24) is 15.2 Å². The summed E-state index contributed by atoms with van der Waals surface area (Å²) in [6.07, 6.45) is 2.24. The lowest BCUT2D eigenvalue weighted by Crippen LogP contribution is -2.15. The summed E-state index contributed by atoms with van der Waals surface area (Å²) in [6.45, 7) is 3.75. The molecule has 0 aliphatic carbocycles. The summed E-state index contributed by atoms with van der Waals surface area (Å²) in [7, 11) is 0. The number of nitrogens with one attached hydrogen (secondary N) is 3. The number of rotatable bonds is 3. The third kappa shape index (κ3) is 2.30.